The smallest absolute Gasteiger partial charge is 0.170 e. The minimum absolute atomic E-state index is 0.0824. The molecule has 1 aliphatic rings. The van der Waals surface area contributed by atoms with Crippen LogP contribution in [0.5, 0.6) is 0 Å². The van der Waals surface area contributed by atoms with Gasteiger partial charge in [0.1, 0.15) is 5.82 Å². The maximum absolute atomic E-state index is 13.1. The van der Waals surface area contributed by atoms with Gasteiger partial charge >= 0.3 is 0 Å². The van der Waals surface area contributed by atoms with Crippen molar-refractivity contribution in [3.05, 3.63) is 65.5 Å². The van der Waals surface area contributed by atoms with Gasteiger partial charge in [0.15, 0.2) is 5.78 Å². The minimum Gasteiger partial charge on any atom is -0.354 e. The molecule has 0 atom stereocenters. The van der Waals surface area contributed by atoms with Crippen molar-refractivity contribution in [1.82, 2.24) is 29.6 Å². The van der Waals surface area contributed by atoms with Gasteiger partial charge in [-0.2, -0.15) is 5.10 Å². The van der Waals surface area contributed by atoms with Gasteiger partial charge in [-0.05, 0) is 25.2 Å². The Morgan fingerprint density at radius 1 is 0.939 bits per heavy atom. The van der Waals surface area contributed by atoms with Crippen LogP contribution in [0.1, 0.15) is 16.1 Å². The van der Waals surface area contributed by atoms with Gasteiger partial charge in [0, 0.05) is 79.6 Å². The summed E-state index contributed by atoms with van der Waals surface area (Å²) in [6, 6.07) is 5.76. The summed E-state index contributed by atoms with van der Waals surface area (Å²) < 4.78 is 1.75. The van der Waals surface area contributed by atoms with Crippen LogP contribution in [-0.4, -0.2) is 68.6 Å². The molecule has 1 saturated heterocycles. The number of pyridine rings is 3. The van der Waals surface area contributed by atoms with Crippen molar-refractivity contribution in [2.24, 2.45) is 7.05 Å². The fourth-order valence-electron chi connectivity index (χ4n) is 4.01. The van der Waals surface area contributed by atoms with Crippen molar-refractivity contribution in [3.8, 4) is 11.1 Å². The highest BCUT2D eigenvalue weighted by atomic mass is 35.5. The Kier molecular flexibility index (Phi) is 5.78. The van der Waals surface area contributed by atoms with Gasteiger partial charge in [0.05, 0.1) is 29.4 Å². The van der Waals surface area contributed by atoms with E-state index in [0.717, 1.165) is 54.0 Å². The lowest BCUT2D eigenvalue weighted by Crippen LogP contribution is -2.44. The van der Waals surface area contributed by atoms with Crippen molar-refractivity contribution in [2.75, 3.05) is 38.1 Å². The summed E-state index contributed by atoms with van der Waals surface area (Å²) in [6.45, 7) is 3.67. The number of Topliss-reactive ketones (excluding diaryl/α,β-unsaturated/α-hetero) is 1. The molecule has 1 fully saturated rings. The number of hydrogen-bond acceptors (Lipinski definition) is 7. The third kappa shape index (κ3) is 4.58. The summed E-state index contributed by atoms with van der Waals surface area (Å²) in [5, 5.41) is 5.51. The first-order valence-corrected chi connectivity index (χ1v) is 11.2. The van der Waals surface area contributed by atoms with Gasteiger partial charge in [-0.3, -0.25) is 19.4 Å². The van der Waals surface area contributed by atoms with Gasteiger partial charge < -0.3 is 9.80 Å². The lowest BCUT2D eigenvalue weighted by molar-refractivity contribution is 0.0992. The number of hydrogen-bond donors (Lipinski definition) is 0. The van der Waals surface area contributed by atoms with E-state index in [-0.39, 0.29) is 12.2 Å². The van der Waals surface area contributed by atoms with Crippen LogP contribution < -0.4 is 4.90 Å². The van der Waals surface area contributed by atoms with Crippen LogP contribution in [0.25, 0.3) is 22.0 Å². The maximum atomic E-state index is 13.1. The Hall–Kier alpha value is -3.36. The van der Waals surface area contributed by atoms with Crippen LogP contribution in [0.15, 0.2) is 49.2 Å². The molecule has 0 aromatic carbocycles. The van der Waals surface area contributed by atoms with E-state index in [4.69, 9.17) is 11.6 Å². The zero-order valence-electron chi connectivity index (χ0n) is 18.6. The number of anilines is 1. The lowest BCUT2D eigenvalue weighted by Gasteiger charge is -2.33. The highest BCUT2D eigenvalue weighted by molar-refractivity contribution is 6.34. The summed E-state index contributed by atoms with van der Waals surface area (Å²) in [4.78, 5) is 31.0. The highest BCUT2D eigenvalue weighted by Crippen LogP contribution is 2.25. The predicted octanol–water partition coefficient (Wildman–Crippen LogP) is 3.26. The highest BCUT2D eigenvalue weighted by Gasteiger charge is 2.19. The summed E-state index contributed by atoms with van der Waals surface area (Å²) in [5.41, 5.74) is 3.88. The molecule has 0 bridgehead atoms. The van der Waals surface area contributed by atoms with Gasteiger partial charge in [-0.25, -0.2) is 4.98 Å². The molecule has 33 heavy (non-hydrogen) atoms. The third-order valence-electron chi connectivity index (χ3n) is 5.97. The quantitative estimate of drug-likeness (QED) is 0.422. The number of rotatable bonds is 5. The molecular weight excluding hydrogens is 438 g/mol. The van der Waals surface area contributed by atoms with E-state index in [9.17, 15) is 4.79 Å². The Bertz CT molecular complexity index is 1330. The first-order valence-electron chi connectivity index (χ1n) is 10.8. The van der Waals surface area contributed by atoms with Crippen molar-refractivity contribution < 1.29 is 4.79 Å². The molecule has 9 heteroatoms. The normalized spacial score (nSPS) is 14.7. The number of ketones is 1. The first kappa shape index (κ1) is 21.5. The SMILES string of the molecule is CN1CCN(c2cc(C(=O)Cc3cc4cc(-c5cnn(C)c5)cnc4cn3)c(Cl)cn2)CC1. The second-order valence-corrected chi connectivity index (χ2v) is 8.81. The monoisotopic (exact) mass is 461 g/mol. The van der Waals surface area contributed by atoms with Gasteiger partial charge in [0.2, 0.25) is 0 Å². The Morgan fingerprint density at radius 3 is 2.52 bits per heavy atom. The van der Waals surface area contributed by atoms with Crippen molar-refractivity contribution >= 4 is 34.1 Å². The van der Waals surface area contributed by atoms with Gasteiger partial charge in [-0.15, -0.1) is 0 Å². The molecule has 0 radical (unpaired) electrons. The molecule has 0 aliphatic carbocycles. The number of aromatic nitrogens is 5. The molecule has 8 nitrogen and oxygen atoms in total. The van der Waals surface area contributed by atoms with E-state index in [1.807, 2.05) is 31.6 Å². The fourth-order valence-corrected chi connectivity index (χ4v) is 4.22. The number of carbonyl (C=O) groups excluding carboxylic acids is 1. The molecule has 5 heterocycles. The molecule has 0 unspecified atom stereocenters. The van der Waals surface area contributed by atoms with Crippen LogP contribution in [-0.2, 0) is 13.5 Å². The molecule has 5 rings (SSSR count). The van der Waals surface area contributed by atoms with E-state index >= 15 is 0 Å². The molecule has 0 N–H and O–H groups in total. The molecule has 4 aromatic rings. The summed E-state index contributed by atoms with van der Waals surface area (Å²) in [6.07, 6.45) is 8.98. The second kappa shape index (κ2) is 8.88. The van der Waals surface area contributed by atoms with Crippen molar-refractivity contribution in [1.29, 1.82) is 0 Å². The largest absolute Gasteiger partial charge is 0.354 e. The van der Waals surface area contributed by atoms with Crippen LogP contribution in [0, 0.1) is 0 Å². The topological polar surface area (TPSA) is 80.0 Å². The number of likely N-dealkylation sites (N-methyl/N-ethyl adjacent to an activating group) is 1. The number of aryl methyl sites for hydroxylation is 1. The third-order valence-corrected chi connectivity index (χ3v) is 6.27. The molecule has 0 saturated carbocycles. The standard InChI is InChI=1S/C24H24ClN7O/c1-30-3-5-32(6-4-30)24-10-20(21(25)13-28-24)23(33)9-19-8-16-7-17(11-27-22(16)14-26-19)18-12-29-31(2)15-18/h7-8,10-15H,3-6,9H2,1-2H3. The first-order chi connectivity index (χ1) is 16.0. The number of piperazine rings is 1. The number of fused-ring (bicyclic) bond motifs is 1. The Balaban J connectivity index is 1.39. The van der Waals surface area contributed by atoms with E-state index < -0.39 is 0 Å². The molecular formula is C24H24ClN7O. The average Bonchev–Trinajstić information content (AvgIpc) is 3.26. The number of nitrogens with zero attached hydrogens (tertiary/aromatic N) is 7. The Morgan fingerprint density at radius 2 is 1.76 bits per heavy atom. The fraction of sp³-hybridized carbons (Fsp3) is 0.292. The minimum atomic E-state index is -0.0824. The van der Waals surface area contributed by atoms with E-state index in [2.05, 4.69) is 36.9 Å². The average molecular weight is 462 g/mol. The van der Waals surface area contributed by atoms with E-state index in [0.29, 0.717) is 16.3 Å². The van der Waals surface area contributed by atoms with Crippen LogP contribution in [0.2, 0.25) is 5.02 Å². The molecule has 4 aromatic heterocycles. The zero-order valence-corrected chi connectivity index (χ0v) is 19.3. The van der Waals surface area contributed by atoms with Gasteiger partial charge in [-0.1, -0.05) is 11.6 Å². The Labute approximate surface area is 196 Å². The molecule has 0 spiro atoms. The van der Waals surface area contributed by atoms with Crippen molar-refractivity contribution in [2.45, 2.75) is 6.42 Å². The maximum Gasteiger partial charge on any atom is 0.170 e. The molecule has 1 aliphatic heterocycles. The molecule has 168 valence electrons. The second-order valence-electron chi connectivity index (χ2n) is 8.41. The lowest BCUT2D eigenvalue weighted by atomic mass is 10.0. The molecule has 0 amide bonds. The summed E-state index contributed by atoms with van der Waals surface area (Å²) in [5.74, 6) is 0.702. The van der Waals surface area contributed by atoms with E-state index in [1.54, 1.807) is 29.3 Å². The van der Waals surface area contributed by atoms with E-state index in [1.165, 1.54) is 0 Å². The summed E-state index contributed by atoms with van der Waals surface area (Å²) in [7, 11) is 3.98. The van der Waals surface area contributed by atoms with Crippen LogP contribution in [0.3, 0.4) is 0 Å². The number of halogens is 1. The van der Waals surface area contributed by atoms with Gasteiger partial charge in [0.25, 0.3) is 0 Å². The van der Waals surface area contributed by atoms with Crippen LogP contribution in [0.4, 0.5) is 5.82 Å². The summed E-state index contributed by atoms with van der Waals surface area (Å²) >= 11 is 6.36. The predicted molar refractivity (Wildman–Crippen MR) is 129 cm³/mol. The zero-order chi connectivity index (χ0) is 22.9. The van der Waals surface area contributed by atoms with Crippen LogP contribution >= 0.6 is 11.6 Å². The number of carbonyl (C=O) groups is 1. The van der Waals surface area contributed by atoms with Crippen molar-refractivity contribution in [3.63, 3.8) is 0 Å².